The van der Waals surface area contributed by atoms with Crippen molar-refractivity contribution in [2.24, 2.45) is 0 Å². The van der Waals surface area contributed by atoms with Gasteiger partial charge in [-0.05, 0) is 54.4 Å². The van der Waals surface area contributed by atoms with E-state index in [4.69, 9.17) is 4.98 Å². The van der Waals surface area contributed by atoms with E-state index in [1.54, 1.807) is 11.9 Å². The van der Waals surface area contributed by atoms with E-state index in [1.807, 2.05) is 72.8 Å². The molecule has 0 aliphatic rings. The van der Waals surface area contributed by atoms with E-state index in [9.17, 15) is 5.11 Å². The number of anilines is 1. The number of aromatic amines is 1. The number of hydrogen-bond acceptors (Lipinski definition) is 4. The number of H-pyrrole nitrogens is 1. The summed E-state index contributed by atoms with van der Waals surface area (Å²) < 4.78 is 3.37. The molecule has 28 heavy (non-hydrogen) atoms. The fraction of sp³-hybridized carbons (Fsp3) is 0. The number of hydrogen-bond donors (Lipinski definition) is 3. The minimum Gasteiger partial charge on any atom is -0.494 e. The summed E-state index contributed by atoms with van der Waals surface area (Å²) in [5.41, 5.74) is 4.20. The van der Waals surface area contributed by atoms with Crippen molar-refractivity contribution in [2.45, 2.75) is 4.90 Å². The summed E-state index contributed by atoms with van der Waals surface area (Å²) in [6.45, 7) is 0. The zero-order valence-electron chi connectivity index (χ0n) is 14.9. The monoisotopic (exact) mass is 383 g/mol. The zero-order valence-corrected chi connectivity index (χ0v) is 15.7. The van der Waals surface area contributed by atoms with Crippen LogP contribution in [0.2, 0.25) is 0 Å². The molecule has 0 aliphatic heterocycles. The second-order valence-electron chi connectivity index (χ2n) is 6.52. The summed E-state index contributed by atoms with van der Waals surface area (Å²) in [7, 11) is 0. The number of nitrogens with zero attached hydrogens (tertiary/aromatic N) is 1. The van der Waals surface area contributed by atoms with E-state index in [1.165, 1.54) is 0 Å². The molecule has 2 aromatic heterocycles. The summed E-state index contributed by atoms with van der Waals surface area (Å²) in [6, 6.07) is 28.1. The molecule has 4 nitrogen and oxygen atoms in total. The van der Waals surface area contributed by atoms with Crippen molar-refractivity contribution in [3.63, 3.8) is 0 Å². The molecular formula is C23H17N3OS. The smallest absolute Gasteiger partial charge is 0.199 e. The highest BCUT2D eigenvalue weighted by atomic mass is 32.2. The minimum absolute atomic E-state index is 0.130. The number of fused-ring (bicyclic) bond motifs is 2. The minimum atomic E-state index is 0.130. The van der Waals surface area contributed by atoms with E-state index in [-0.39, 0.29) is 5.88 Å². The van der Waals surface area contributed by atoms with Crippen LogP contribution in [0.3, 0.4) is 0 Å². The Morgan fingerprint density at radius 2 is 1.68 bits per heavy atom. The summed E-state index contributed by atoms with van der Waals surface area (Å²) in [5, 5.41) is 12.5. The highest BCUT2D eigenvalue weighted by Gasteiger charge is 2.15. The third-order valence-corrected chi connectivity index (χ3v) is 5.51. The SMILES string of the molecule is Oc1[nH]c2ccc(NSc3ccccc3)cc2c1-c1ccc2ccccc2n1. The van der Waals surface area contributed by atoms with Gasteiger partial charge in [-0.25, -0.2) is 4.98 Å². The second-order valence-corrected chi connectivity index (χ2v) is 7.39. The van der Waals surface area contributed by atoms with Crippen LogP contribution in [0.15, 0.2) is 89.8 Å². The first kappa shape index (κ1) is 16.7. The molecule has 5 heteroatoms. The van der Waals surface area contributed by atoms with Gasteiger partial charge >= 0.3 is 0 Å². The van der Waals surface area contributed by atoms with Crippen molar-refractivity contribution in [2.75, 3.05) is 4.72 Å². The Kier molecular flexibility index (Phi) is 4.14. The number of aromatic hydroxyl groups is 1. The lowest BCUT2D eigenvalue weighted by Crippen LogP contribution is -1.87. The first-order chi connectivity index (χ1) is 13.8. The van der Waals surface area contributed by atoms with Crippen LogP contribution in [-0.2, 0) is 0 Å². The van der Waals surface area contributed by atoms with Gasteiger partial charge in [0, 0.05) is 26.9 Å². The lowest BCUT2D eigenvalue weighted by molar-refractivity contribution is 0.460. The van der Waals surface area contributed by atoms with E-state index in [0.29, 0.717) is 5.56 Å². The van der Waals surface area contributed by atoms with E-state index >= 15 is 0 Å². The van der Waals surface area contributed by atoms with Gasteiger partial charge in [0.15, 0.2) is 5.88 Å². The van der Waals surface area contributed by atoms with Crippen molar-refractivity contribution in [1.29, 1.82) is 0 Å². The van der Waals surface area contributed by atoms with Gasteiger partial charge in [-0.2, -0.15) is 0 Å². The topological polar surface area (TPSA) is 60.9 Å². The van der Waals surface area contributed by atoms with Gasteiger partial charge in [0.2, 0.25) is 0 Å². The number of rotatable bonds is 4. The van der Waals surface area contributed by atoms with Gasteiger partial charge < -0.3 is 14.8 Å². The van der Waals surface area contributed by atoms with Crippen molar-refractivity contribution in [3.05, 3.63) is 84.9 Å². The van der Waals surface area contributed by atoms with Crippen molar-refractivity contribution in [1.82, 2.24) is 9.97 Å². The molecule has 0 atom stereocenters. The molecule has 0 saturated heterocycles. The molecule has 0 aliphatic carbocycles. The maximum atomic E-state index is 10.5. The number of pyridine rings is 1. The van der Waals surface area contributed by atoms with Crippen LogP contribution in [0.25, 0.3) is 33.1 Å². The summed E-state index contributed by atoms with van der Waals surface area (Å²) in [6.07, 6.45) is 0. The van der Waals surface area contributed by atoms with Gasteiger partial charge in [-0.1, -0.05) is 42.5 Å². The molecule has 0 unspecified atom stereocenters. The molecule has 5 rings (SSSR count). The maximum absolute atomic E-state index is 10.5. The zero-order chi connectivity index (χ0) is 18.9. The quantitative estimate of drug-likeness (QED) is 0.323. The predicted molar refractivity (Wildman–Crippen MR) is 117 cm³/mol. The standard InChI is InChI=1S/C23H17N3OS/c27-23-22(21-12-10-15-6-4-5-9-19(15)24-21)18-14-16(11-13-20(18)25-23)26-28-17-7-2-1-3-8-17/h1-14,25-27H. The van der Waals surface area contributed by atoms with Gasteiger partial charge in [-0.15, -0.1) is 0 Å². The number of aromatic nitrogens is 2. The third-order valence-electron chi connectivity index (χ3n) is 4.66. The Bertz CT molecular complexity index is 1280. The largest absolute Gasteiger partial charge is 0.494 e. The van der Waals surface area contributed by atoms with Gasteiger partial charge in [-0.3, -0.25) is 0 Å². The van der Waals surface area contributed by atoms with Gasteiger partial charge in [0.25, 0.3) is 0 Å². The Labute approximate surface area is 166 Å². The van der Waals surface area contributed by atoms with Crippen LogP contribution in [0.1, 0.15) is 0 Å². The molecule has 0 amide bonds. The molecular weight excluding hydrogens is 366 g/mol. The molecule has 5 aromatic rings. The molecule has 0 radical (unpaired) electrons. The molecule has 2 heterocycles. The molecule has 3 N–H and O–H groups in total. The van der Waals surface area contributed by atoms with Gasteiger partial charge in [0.05, 0.1) is 16.8 Å². The highest BCUT2D eigenvalue weighted by molar-refractivity contribution is 8.00. The maximum Gasteiger partial charge on any atom is 0.199 e. The van der Waals surface area contributed by atoms with Crippen LogP contribution < -0.4 is 4.72 Å². The Balaban J connectivity index is 1.55. The summed E-state index contributed by atoms with van der Waals surface area (Å²) >= 11 is 1.55. The first-order valence-corrected chi connectivity index (χ1v) is 9.78. The van der Waals surface area contributed by atoms with Crippen LogP contribution in [0, 0.1) is 0 Å². The van der Waals surface area contributed by atoms with Crippen LogP contribution in [0.5, 0.6) is 5.88 Å². The Hall–Kier alpha value is -3.44. The summed E-state index contributed by atoms with van der Waals surface area (Å²) in [4.78, 5) is 8.94. The van der Waals surface area contributed by atoms with Crippen LogP contribution in [0.4, 0.5) is 5.69 Å². The molecule has 0 fully saturated rings. The van der Waals surface area contributed by atoms with E-state index < -0.39 is 0 Å². The van der Waals surface area contributed by atoms with Crippen molar-refractivity contribution in [3.8, 4) is 17.1 Å². The number of benzene rings is 3. The molecule has 0 spiro atoms. The average Bonchev–Trinajstić information content (AvgIpc) is 3.07. The Morgan fingerprint density at radius 1 is 0.857 bits per heavy atom. The number of nitrogens with one attached hydrogen (secondary N) is 2. The van der Waals surface area contributed by atoms with Crippen LogP contribution in [-0.4, -0.2) is 15.1 Å². The fourth-order valence-electron chi connectivity index (χ4n) is 3.31. The van der Waals surface area contributed by atoms with Gasteiger partial charge in [0.1, 0.15) is 0 Å². The molecule has 3 aromatic carbocycles. The fourth-order valence-corrected chi connectivity index (χ4v) is 3.97. The molecule has 136 valence electrons. The molecule has 0 bridgehead atoms. The lowest BCUT2D eigenvalue weighted by atomic mass is 10.1. The van der Waals surface area contributed by atoms with Crippen LogP contribution >= 0.6 is 11.9 Å². The lowest BCUT2D eigenvalue weighted by Gasteiger charge is -2.07. The van der Waals surface area contributed by atoms with E-state index in [0.717, 1.165) is 38.1 Å². The highest BCUT2D eigenvalue weighted by Crippen LogP contribution is 2.38. The third kappa shape index (κ3) is 3.06. The van der Waals surface area contributed by atoms with Crippen molar-refractivity contribution < 1.29 is 5.11 Å². The summed E-state index contributed by atoms with van der Waals surface area (Å²) in [5.74, 6) is 0.130. The Morgan fingerprint density at radius 3 is 2.57 bits per heavy atom. The molecule has 0 saturated carbocycles. The normalized spacial score (nSPS) is 11.1. The van der Waals surface area contributed by atoms with E-state index in [2.05, 4.69) is 21.8 Å². The average molecular weight is 383 g/mol. The predicted octanol–water partition coefficient (Wildman–Crippen LogP) is 6.21. The van der Waals surface area contributed by atoms with Crippen molar-refractivity contribution >= 4 is 39.4 Å². The number of para-hydroxylation sites is 1. The second kappa shape index (κ2) is 6.94. The first-order valence-electron chi connectivity index (χ1n) is 8.97.